The summed E-state index contributed by atoms with van der Waals surface area (Å²) in [5.41, 5.74) is 17.0. The molecule has 2 heteroatoms. The summed E-state index contributed by atoms with van der Waals surface area (Å²) < 4.78 is 2.43. The summed E-state index contributed by atoms with van der Waals surface area (Å²) in [7, 11) is 0. The van der Waals surface area contributed by atoms with E-state index >= 15 is 0 Å². The van der Waals surface area contributed by atoms with Crippen LogP contribution in [-0.2, 0) is 5.41 Å². The predicted molar refractivity (Wildman–Crippen MR) is 241 cm³/mol. The van der Waals surface area contributed by atoms with E-state index in [1.54, 1.807) is 0 Å². The quantitative estimate of drug-likeness (QED) is 0.165. The van der Waals surface area contributed by atoms with Crippen molar-refractivity contribution in [2.75, 3.05) is 4.90 Å². The van der Waals surface area contributed by atoms with E-state index in [0.29, 0.717) is 0 Å². The van der Waals surface area contributed by atoms with Crippen LogP contribution >= 0.6 is 0 Å². The molecular formula is C55H40N2. The minimum atomic E-state index is -0.118. The number of aromatic nitrogens is 1. The van der Waals surface area contributed by atoms with Crippen LogP contribution in [-0.4, -0.2) is 4.57 Å². The van der Waals surface area contributed by atoms with Crippen LogP contribution in [0, 0.1) is 0 Å². The summed E-state index contributed by atoms with van der Waals surface area (Å²) in [5.74, 6) is 0. The van der Waals surface area contributed by atoms with Crippen molar-refractivity contribution in [3.8, 4) is 39.1 Å². The minimum Gasteiger partial charge on any atom is -0.310 e. The van der Waals surface area contributed by atoms with Gasteiger partial charge in [0.05, 0.1) is 11.0 Å². The molecule has 1 aliphatic rings. The van der Waals surface area contributed by atoms with E-state index in [4.69, 9.17) is 0 Å². The number of nitrogens with zero attached hydrogens (tertiary/aromatic N) is 2. The first-order valence-corrected chi connectivity index (χ1v) is 19.8. The second-order valence-electron chi connectivity index (χ2n) is 15.8. The largest absolute Gasteiger partial charge is 0.310 e. The van der Waals surface area contributed by atoms with Gasteiger partial charge in [0, 0.05) is 38.9 Å². The maximum absolute atomic E-state index is 2.44. The minimum absolute atomic E-state index is 0.118. The SMILES string of the molecule is CC1(C)c2ccccc2-c2ccc(N(c3cccc(-c4ccccc4)c3)c3cccc(-c4cc(-n5c6ccccc6c6ccccc65)cc5ccccc45)c3)cc21. The van der Waals surface area contributed by atoms with Crippen molar-refractivity contribution in [1.82, 2.24) is 4.57 Å². The fourth-order valence-corrected chi connectivity index (χ4v) is 9.41. The normalized spacial score (nSPS) is 12.9. The Kier molecular flexibility index (Phi) is 7.55. The van der Waals surface area contributed by atoms with Crippen LogP contribution in [0.2, 0.25) is 0 Å². The molecule has 270 valence electrons. The summed E-state index contributed by atoms with van der Waals surface area (Å²) in [6.45, 7) is 4.72. The molecule has 0 atom stereocenters. The molecule has 57 heavy (non-hydrogen) atoms. The van der Waals surface area contributed by atoms with Crippen LogP contribution in [0.5, 0.6) is 0 Å². The van der Waals surface area contributed by atoms with Crippen molar-refractivity contribution in [2.24, 2.45) is 0 Å². The molecule has 0 aliphatic heterocycles. The molecule has 1 aromatic heterocycles. The van der Waals surface area contributed by atoms with Gasteiger partial charge in [0.15, 0.2) is 0 Å². The summed E-state index contributed by atoms with van der Waals surface area (Å²) in [6.07, 6.45) is 0. The maximum atomic E-state index is 2.44. The zero-order valence-corrected chi connectivity index (χ0v) is 32.0. The molecule has 0 radical (unpaired) electrons. The van der Waals surface area contributed by atoms with Gasteiger partial charge in [0.1, 0.15) is 0 Å². The fourth-order valence-electron chi connectivity index (χ4n) is 9.41. The number of anilines is 3. The average molecular weight is 729 g/mol. The third-order valence-corrected chi connectivity index (χ3v) is 12.1. The summed E-state index contributed by atoms with van der Waals surface area (Å²) in [5, 5.41) is 4.97. The van der Waals surface area contributed by atoms with Crippen molar-refractivity contribution in [3.63, 3.8) is 0 Å². The van der Waals surface area contributed by atoms with Crippen LogP contribution in [0.1, 0.15) is 25.0 Å². The highest BCUT2D eigenvalue weighted by atomic mass is 15.1. The van der Waals surface area contributed by atoms with E-state index in [-0.39, 0.29) is 5.41 Å². The van der Waals surface area contributed by atoms with Crippen molar-refractivity contribution in [3.05, 3.63) is 217 Å². The second kappa shape index (κ2) is 13.0. The van der Waals surface area contributed by atoms with Gasteiger partial charge in [0.2, 0.25) is 0 Å². The molecule has 0 saturated carbocycles. The first kappa shape index (κ1) is 33.2. The summed E-state index contributed by atoms with van der Waals surface area (Å²) in [4.78, 5) is 2.44. The molecule has 0 saturated heterocycles. The number of fused-ring (bicyclic) bond motifs is 7. The Bertz CT molecular complexity index is 3110. The van der Waals surface area contributed by atoms with Gasteiger partial charge < -0.3 is 9.47 Å². The fraction of sp³-hybridized carbons (Fsp3) is 0.0545. The van der Waals surface area contributed by atoms with Gasteiger partial charge in [-0.1, -0.05) is 159 Å². The third-order valence-electron chi connectivity index (χ3n) is 12.1. The van der Waals surface area contributed by atoms with Gasteiger partial charge in [-0.05, 0) is 116 Å². The smallest absolute Gasteiger partial charge is 0.0541 e. The zero-order chi connectivity index (χ0) is 38.1. The Hall–Kier alpha value is -7.16. The van der Waals surface area contributed by atoms with Gasteiger partial charge in [-0.2, -0.15) is 0 Å². The van der Waals surface area contributed by atoms with Crippen LogP contribution in [0.4, 0.5) is 17.1 Å². The van der Waals surface area contributed by atoms with Crippen molar-refractivity contribution >= 4 is 49.6 Å². The predicted octanol–water partition coefficient (Wildman–Crippen LogP) is 15.0. The molecule has 0 bridgehead atoms. The van der Waals surface area contributed by atoms with Crippen LogP contribution in [0.25, 0.3) is 71.6 Å². The van der Waals surface area contributed by atoms with Gasteiger partial charge in [-0.3, -0.25) is 0 Å². The number of rotatable bonds is 6. The molecule has 2 nitrogen and oxygen atoms in total. The highest BCUT2D eigenvalue weighted by molar-refractivity contribution is 6.10. The lowest BCUT2D eigenvalue weighted by atomic mass is 9.82. The monoisotopic (exact) mass is 728 g/mol. The molecule has 1 aliphatic carbocycles. The topological polar surface area (TPSA) is 8.17 Å². The third kappa shape index (κ3) is 5.33. The lowest BCUT2D eigenvalue weighted by Crippen LogP contribution is -2.16. The Labute approximate surface area is 333 Å². The van der Waals surface area contributed by atoms with Crippen molar-refractivity contribution in [2.45, 2.75) is 19.3 Å². The molecular weight excluding hydrogens is 689 g/mol. The molecule has 0 N–H and O–H groups in total. The summed E-state index contributed by atoms with van der Waals surface area (Å²) >= 11 is 0. The molecule has 11 rings (SSSR count). The standard InChI is InChI=1S/C55H40N2/c1-55(2)51-27-11-8-24-46(51)47-31-30-43(36-52(47)55)56(41-21-14-19-38(32-41)37-16-4-3-5-17-37)42-22-15-20-40(33-42)50-35-44(34-39-18-6-7-23-45(39)50)57-53-28-12-9-25-48(53)49-26-10-13-29-54(49)57/h3-36H,1-2H3. The second-order valence-corrected chi connectivity index (χ2v) is 15.8. The Morgan fingerprint density at radius 1 is 0.368 bits per heavy atom. The van der Waals surface area contributed by atoms with Crippen molar-refractivity contribution < 1.29 is 0 Å². The van der Waals surface area contributed by atoms with Crippen molar-refractivity contribution in [1.29, 1.82) is 0 Å². The first-order chi connectivity index (χ1) is 28.0. The van der Waals surface area contributed by atoms with E-state index < -0.39 is 0 Å². The number of benzene rings is 9. The molecule has 0 fully saturated rings. The van der Waals surface area contributed by atoms with E-state index in [9.17, 15) is 0 Å². The Morgan fingerprint density at radius 2 is 0.930 bits per heavy atom. The van der Waals surface area contributed by atoms with E-state index in [0.717, 1.165) is 22.7 Å². The molecule has 9 aromatic carbocycles. The van der Waals surface area contributed by atoms with Gasteiger partial charge in [0.25, 0.3) is 0 Å². The van der Waals surface area contributed by atoms with Gasteiger partial charge in [-0.25, -0.2) is 0 Å². The molecule has 10 aromatic rings. The van der Waals surface area contributed by atoms with Gasteiger partial charge in [-0.15, -0.1) is 0 Å². The maximum Gasteiger partial charge on any atom is 0.0541 e. The molecule has 0 spiro atoms. The average Bonchev–Trinajstić information content (AvgIpc) is 3.72. The zero-order valence-electron chi connectivity index (χ0n) is 32.0. The van der Waals surface area contributed by atoms with Gasteiger partial charge >= 0.3 is 0 Å². The van der Waals surface area contributed by atoms with Crippen LogP contribution in [0.3, 0.4) is 0 Å². The number of hydrogen-bond acceptors (Lipinski definition) is 1. The highest BCUT2D eigenvalue weighted by Crippen LogP contribution is 2.51. The Balaban J connectivity index is 1.12. The lowest BCUT2D eigenvalue weighted by molar-refractivity contribution is 0.660. The first-order valence-electron chi connectivity index (χ1n) is 19.8. The number of hydrogen-bond donors (Lipinski definition) is 0. The molecule has 1 heterocycles. The van der Waals surface area contributed by atoms with E-state index in [1.807, 2.05) is 0 Å². The van der Waals surface area contributed by atoms with Crippen LogP contribution in [0.15, 0.2) is 206 Å². The highest BCUT2D eigenvalue weighted by Gasteiger charge is 2.35. The number of para-hydroxylation sites is 2. The molecule has 0 unspecified atom stereocenters. The van der Waals surface area contributed by atoms with Crippen LogP contribution < -0.4 is 4.90 Å². The lowest BCUT2D eigenvalue weighted by Gasteiger charge is -2.29. The Morgan fingerprint density at radius 3 is 1.68 bits per heavy atom. The summed E-state index contributed by atoms with van der Waals surface area (Å²) in [6, 6.07) is 75.7. The van der Waals surface area contributed by atoms with E-state index in [2.05, 4.69) is 230 Å². The molecule has 0 amide bonds. The van der Waals surface area contributed by atoms with E-state index in [1.165, 1.54) is 77.1 Å².